The van der Waals surface area contributed by atoms with Crippen LogP contribution in [-0.4, -0.2) is 7.05 Å². The molecule has 3 heteroatoms. The molecular weight excluding hydrogens is 122 g/mol. The molecule has 0 unspecified atom stereocenters. The molecule has 44 valence electrons. The van der Waals surface area contributed by atoms with Crippen LogP contribution in [0.4, 0.5) is 0 Å². The Morgan fingerprint density at radius 1 is 1.75 bits per heavy atom. The Morgan fingerprint density at radius 3 is 3.12 bits per heavy atom. The van der Waals surface area contributed by atoms with Crippen LogP contribution in [0, 0.1) is 0 Å². The maximum Gasteiger partial charge on any atom is 0.200 e. The topological polar surface area (TPSA) is 21.3 Å². The average Bonchev–Trinajstić information content (AvgIpc) is 2.19. The maximum absolute atomic E-state index is 4.91. The molecule has 0 atom stereocenters. The summed E-state index contributed by atoms with van der Waals surface area (Å²) in [7, 11) is 1.74. The van der Waals surface area contributed by atoms with Crippen molar-refractivity contribution in [1.82, 2.24) is 5.48 Å². The van der Waals surface area contributed by atoms with Gasteiger partial charge in [-0.05, 0) is 17.5 Å². The number of thiophene rings is 1. The predicted molar refractivity (Wildman–Crippen MR) is 34.0 cm³/mol. The third-order valence-electron chi connectivity index (χ3n) is 0.698. The fraction of sp³-hybridized carbons (Fsp3) is 0.200. The molecule has 0 saturated carbocycles. The summed E-state index contributed by atoms with van der Waals surface area (Å²) in [6.45, 7) is 0. The van der Waals surface area contributed by atoms with E-state index in [2.05, 4.69) is 5.48 Å². The Balaban J connectivity index is 2.50. The Kier molecular flexibility index (Phi) is 1.88. The van der Waals surface area contributed by atoms with Crippen molar-refractivity contribution in [2.75, 3.05) is 7.05 Å². The number of hydrogen-bond acceptors (Lipinski definition) is 3. The zero-order chi connectivity index (χ0) is 5.82. The van der Waals surface area contributed by atoms with Crippen molar-refractivity contribution in [3.05, 3.63) is 17.5 Å². The summed E-state index contributed by atoms with van der Waals surface area (Å²) in [5, 5.41) is 2.86. The first-order valence-electron chi connectivity index (χ1n) is 2.30. The summed E-state index contributed by atoms with van der Waals surface area (Å²) >= 11 is 1.56. The number of hydroxylamine groups is 1. The van der Waals surface area contributed by atoms with Gasteiger partial charge in [-0.2, -0.15) is 5.48 Å². The van der Waals surface area contributed by atoms with Gasteiger partial charge in [0, 0.05) is 7.05 Å². The monoisotopic (exact) mass is 129 g/mol. The minimum Gasteiger partial charge on any atom is -0.398 e. The molecule has 0 spiro atoms. The van der Waals surface area contributed by atoms with E-state index in [-0.39, 0.29) is 0 Å². The van der Waals surface area contributed by atoms with E-state index in [1.54, 1.807) is 18.4 Å². The highest BCUT2D eigenvalue weighted by Gasteiger charge is 1.87. The molecule has 0 aliphatic rings. The van der Waals surface area contributed by atoms with Crippen LogP contribution in [0.1, 0.15) is 0 Å². The van der Waals surface area contributed by atoms with Gasteiger partial charge in [0.05, 0.1) is 0 Å². The number of hydrogen-bond donors (Lipinski definition) is 1. The van der Waals surface area contributed by atoms with Gasteiger partial charge in [0.15, 0.2) is 0 Å². The largest absolute Gasteiger partial charge is 0.398 e. The van der Waals surface area contributed by atoms with Gasteiger partial charge in [-0.25, -0.2) is 0 Å². The lowest BCUT2D eigenvalue weighted by Crippen LogP contribution is -2.09. The van der Waals surface area contributed by atoms with Crippen LogP contribution in [0.5, 0.6) is 5.06 Å². The molecule has 0 radical (unpaired) electrons. The van der Waals surface area contributed by atoms with Crippen LogP contribution < -0.4 is 10.3 Å². The van der Waals surface area contributed by atoms with E-state index >= 15 is 0 Å². The molecule has 0 saturated heterocycles. The van der Waals surface area contributed by atoms with Crippen molar-refractivity contribution in [3.63, 3.8) is 0 Å². The first kappa shape index (κ1) is 5.59. The molecule has 1 rings (SSSR count). The van der Waals surface area contributed by atoms with Crippen molar-refractivity contribution in [2.45, 2.75) is 0 Å². The van der Waals surface area contributed by atoms with Gasteiger partial charge >= 0.3 is 0 Å². The summed E-state index contributed by atoms with van der Waals surface area (Å²) in [6.07, 6.45) is 0. The minimum absolute atomic E-state index is 0.896. The van der Waals surface area contributed by atoms with Gasteiger partial charge in [0.1, 0.15) is 0 Å². The van der Waals surface area contributed by atoms with E-state index in [0.29, 0.717) is 0 Å². The summed E-state index contributed by atoms with van der Waals surface area (Å²) < 4.78 is 0. The lowest BCUT2D eigenvalue weighted by atomic mass is 10.7. The van der Waals surface area contributed by atoms with E-state index in [1.165, 1.54) is 0 Å². The van der Waals surface area contributed by atoms with Crippen LogP contribution >= 0.6 is 11.3 Å². The van der Waals surface area contributed by atoms with Crippen molar-refractivity contribution < 1.29 is 4.84 Å². The highest BCUT2D eigenvalue weighted by Crippen LogP contribution is 2.16. The fourth-order valence-electron chi connectivity index (χ4n) is 0.422. The standard InChI is InChI=1S/C5H7NOS/c1-6-7-5-3-2-4-8-5/h2-4,6H,1H3. The van der Waals surface area contributed by atoms with Crippen LogP contribution in [0.2, 0.25) is 0 Å². The molecule has 1 heterocycles. The average molecular weight is 129 g/mol. The molecule has 0 amide bonds. The smallest absolute Gasteiger partial charge is 0.200 e. The van der Waals surface area contributed by atoms with Crippen molar-refractivity contribution in [1.29, 1.82) is 0 Å². The Bertz CT molecular complexity index is 138. The molecule has 1 aromatic rings. The van der Waals surface area contributed by atoms with E-state index in [9.17, 15) is 0 Å². The molecule has 2 nitrogen and oxygen atoms in total. The molecule has 1 aromatic heterocycles. The van der Waals surface area contributed by atoms with E-state index in [0.717, 1.165) is 5.06 Å². The molecule has 0 aliphatic heterocycles. The maximum atomic E-state index is 4.91. The lowest BCUT2D eigenvalue weighted by Gasteiger charge is -1.94. The van der Waals surface area contributed by atoms with Crippen molar-refractivity contribution in [2.24, 2.45) is 0 Å². The second-order valence-corrected chi connectivity index (χ2v) is 2.15. The van der Waals surface area contributed by atoms with E-state index < -0.39 is 0 Å². The third kappa shape index (κ3) is 1.21. The second-order valence-electron chi connectivity index (χ2n) is 1.24. The highest BCUT2D eigenvalue weighted by molar-refractivity contribution is 7.11. The Labute approximate surface area is 52.1 Å². The minimum atomic E-state index is 0.896. The summed E-state index contributed by atoms with van der Waals surface area (Å²) in [4.78, 5) is 4.91. The van der Waals surface area contributed by atoms with Crippen molar-refractivity contribution >= 4 is 11.3 Å². The molecule has 0 aliphatic carbocycles. The van der Waals surface area contributed by atoms with Gasteiger partial charge in [0.25, 0.3) is 0 Å². The summed E-state index contributed by atoms with van der Waals surface area (Å²) in [5.41, 5.74) is 2.58. The summed E-state index contributed by atoms with van der Waals surface area (Å²) in [5.74, 6) is 0. The normalized spacial score (nSPS) is 9.12. The van der Waals surface area contributed by atoms with Crippen molar-refractivity contribution in [3.8, 4) is 5.06 Å². The Hall–Kier alpha value is -0.540. The SMILES string of the molecule is CNOc1cccs1. The predicted octanol–water partition coefficient (Wildman–Crippen LogP) is 1.26. The molecule has 1 N–H and O–H groups in total. The quantitative estimate of drug-likeness (QED) is 0.607. The molecule has 0 aromatic carbocycles. The first-order chi connectivity index (χ1) is 3.93. The highest BCUT2D eigenvalue weighted by atomic mass is 32.1. The van der Waals surface area contributed by atoms with Gasteiger partial charge < -0.3 is 4.84 Å². The summed E-state index contributed by atoms with van der Waals surface area (Å²) in [6, 6.07) is 3.85. The second kappa shape index (κ2) is 2.69. The van der Waals surface area contributed by atoms with Crippen LogP contribution in [-0.2, 0) is 0 Å². The molecule has 8 heavy (non-hydrogen) atoms. The Morgan fingerprint density at radius 2 is 2.62 bits per heavy atom. The van der Waals surface area contributed by atoms with Gasteiger partial charge in [-0.1, -0.05) is 0 Å². The van der Waals surface area contributed by atoms with E-state index in [4.69, 9.17) is 4.84 Å². The zero-order valence-corrected chi connectivity index (χ0v) is 5.37. The molecule has 0 fully saturated rings. The van der Waals surface area contributed by atoms with E-state index in [1.807, 2.05) is 17.5 Å². The van der Waals surface area contributed by atoms with Gasteiger partial charge in [-0.3, -0.25) is 0 Å². The van der Waals surface area contributed by atoms with Crippen LogP contribution in [0.3, 0.4) is 0 Å². The van der Waals surface area contributed by atoms with Gasteiger partial charge in [-0.15, -0.1) is 11.3 Å². The number of nitrogens with one attached hydrogen (secondary N) is 1. The fourth-order valence-corrected chi connectivity index (χ4v) is 1.00. The molecular formula is C5H7NOS. The van der Waals surface area contributed by atoms with Gasteiger partial charge in [0.2, 0.25) is 5.06 Å². The van der Waals surface area contributed by atoms with Crippen LogP contribution in [0.25, 0.3) is 0 Å². The van der Waals surface area contributed by atoms with Crippen LogP contribution in [0.15, 0.2) is 17.5 Å². The zero-order valence-electron chi connectivity index (χ0n) is 4.55. The third-order valence-corrected chi connectivity index (χ3v) is 1.44. The number of rotatable bonds is 2. The molecule has 0 bridgehead atoms. The lowest BCUT2D eigenvalue weighted by molar-refractivity contribution is 0.231. The first-order valence-corrected chi connectivity index (χ1v) is 3.18.